The van der Waals surface area contributed by atoms with Crippen molar-refractivity contribution in [3.63, 3.8) is 0 Å². The van der Waals surface area contributed by atoms with Gasteiger partial charge in [0.05, 0.1) is 28.8 Å². The van der Waals surface area contributed by atoms with Crippen LogP contribution in [-0.2, 0) is 0 Å². The van der Waals surface area contributed by atoms with Gasteiger partial charge in [0.1, 0.15) is 6.07 Å². The first kappa shape index (κ1) is 15.1. The SMILES string of the molecule is Cc1c(N2C[C@]3(CCC[C@@H]3O)N(C)C2=O)ccc(C#N)c1Cl. The van der Waals surface area contributed by atoms with Gasteiger partial charge in [-0.15, -0.1) is 0 Å². The van der Waals surface area contributed by atoms with Crippen molar-refractivity contribution in [3.8, 4) is 6.07 Å². The average molecular weight is 320 g/mol. The Kier molecular flexibility index (Phi) is 3.54. The lowest BCUT2D eigenvalue weighted by Crippen LogP contribution is -2.50. The van der Waals surface area contributed by atoms with E-state index in [1.54, 1.807) is 29.0 Å². The first-order chi connectivity index (χ1) is 10.4. The predicted octanol–water partition coefficient (Wildman–Crippen LogP) is 2.68. The third-order valence-corrected chi connectivity index (χ3v) is 5.58. The number of anilines is 1. The Morgan fingerprint density at radius 2 is 2.23 bits per heavy atom. The Morgan fingerprint density at radius 1 is 1.50 bits per heavy atom. The second-order valence-electron chi connectivity index (χ2n) is 6.12. The van der Waals surface area contributed by atoms with Gasteiger partial charge in [-0.05, 0) is 43.9 Å². The van der Waals surface area contributed by atoms with Crippen LogP contribution < -0.4 is 4.90 Å². The molecule has 0 radical (unpaired) electrons. The van der Waals surface area contributed by atoms with Crippen LogP contribution in [-0.4, -0.2) is 41.3 Å². The first-order valence-electron chi connectivity index (χ1n) is 7.35. The van der Waals surface area contributed by atoms with Gasteiger partial charge >= 0.3 is 6.03 Å². The monoisotopic (exact) mass is 319 g/mol. The minimum Gasteiger partial charge on any atom is -0.391 e. The summed E-state index contributed by atoms with van der Waals surface area (Å²) in [7, 11) is 1.75. The van der Waals surface area contributed by atoms with Crippen molar-refractivity contribution in [3.05, 3.63) is 28.3 Å². The average Bonchev–Trinajstić information content (AvgIpc) is 2.99. The van der Waals surface area contributed by atoms with Crippen molar-refractivity contribution >= 4 is 23.3 Å². The summed E-state index contributed by atoms with van der Waals surface area (Å²) in [5.41, 5.74) is 1.31. The quantitative estimate of drug-likeness (QED) is 0.865. The number of likely N-dealkylation sites (N-methyl/N-ethyl adjacent to an activating group) is 1. The number of hydrogen-bond donors (Lipinski definition) is 1. The topological polar surface area (TPSA) is 67.6 Å². The number of benzene rings is 1. The van der Waals surface area contributed by atoms with Crippen LogP contribution in [0.15, 0.2) is 12.1 Å². The number of amides is 2. The number of urea groups is 1. The summed E-state index contributed by atoms with van der Waals surface area (Å²) in [6.07, 6.45) is 1.94. The van der Waals surface area contributed by atoms with Crippen molar-refractivity contribution in [2.24, 2.45) is 0 Å². The van der Waals surface area contributed by atoms with E-state index in [0.29, 0.717) is 28.4 Å². The molecule has 1 aromatic rings. The smallest absolute Gasteiger partial charge is 0.324 e. The molecule has 116 valence electrons. The zero-order chi connectivity index (χ0) is 16.1. The number of carbonyl (C=O) groups excluding carboxylic acids is 1. The molecule has 2 atom stereocenters. The minimum absolute atomic E-state index is 0.134. The minimum atomic E-state index is -0.510. The number of aliphatic hydroxyl groups is 1. The van der Waals surface area contributed by atoms with E-state index in [1.165, 1.54) is 0 Å². The molecule has 1 heterocycles. The Hall–Kier alpha value is -1.77. The Morgan fingerprint density at radius 3 is 2.82 bits per heavy atom. The van der Waals surface area contributed by atoms with Gasteiger partial charge in [-0.2, -0.15) is 5.26 Å². The van der Waals surface area contributed by atoms with Crippen molar-refractivity contribution < 1.29 is 9.90 Å². The summed E-state index contributed by atoms with van der Waals surface area (Å²) in [6.45, 7) is 2.26. The van der Waals surface area contributed by atoms with Crippen molar-refractivity contribution in [2.75, 3.05) is 18.5 Å². The van der Waals surface area contributed by atoms with Crippen LogP contribution in [0.4, 0.5) is 10.5 Å². The summed E-state index contributed by atoms with van der Waals surface area (Å²) >= 11 is 6.22. The summed E-state index contributed by atoms with van der Waals surface area (Å²) in [5.74, 6) is 0. The lowest BCUT2D eigenvalue weighted by molar-refractivity contribution is 0.0495. The molecule has 1 spiro atoms. The van der Waals surface area contributed by atoms with Gasteiger partial charge in [-0.1, -0.05) is 11.6 Å². The molecule has 6 heteroatoms. The maximum atomic E-state index is 12.7. The van der Waals surface area contributed by atoms with Crippen LogP contribution >= 0.6 is 11.6 Å². The van der Waals surface area contributed by atoms with E-state index in [4.69, 9.17) is 16.9 Å². The molecule has 3 rings (SSSR count). The molecule has 1 aliphatic heterocycles. The van der Waals surface area contributed by atoms with E-state index in [1.807, 2.05) is 13.0 Å². The number of rotatable bonds is 1. The van der Waals surface area contributed by atoms with Gasteiger partial charge in [-0.25, -0.2) is 4.79 Å². The highest BCUT2D eigenvalue weighted by atomic mass is 35.5. The largest absolute Gasteiger partial charge is 0.391 e. The highest BCUT2D eigenvalue weighted by molar-refractivity contribution is 6.33. The number of aliphatic hydroxyl groups excluding tert-OH is 1. The highest BCUT2D eigenvalue weighted by Crippen LogP contribution is 2.43. The number of nitriles is 1. The predicted molar refractivity (Wildman–Crippen MR) is 84.0 cm³/mol. The summed E-state index contributed by atoms with van der Waals surface area (Å²) in [5, 5.41) is 19.8. The molecule has 0 unspecified atom stereocenters. The van der Waals surface area contributed by atoms with Crippen molar-refractivity contribution in [2.45, 2.75) is 37.8 Å². The van der Waals surface area contributed by atoms with Crippen molar-refractivity contribution in [1.29, 1.82) is 5.26 Å². The molecule has 5 nitrogen and oxygen atoms in total. The Balaban J connectivity index is 2.02. The van der Waals surface area contributed by atoms with E-state index in [-0.39, 0.29) is 6.03 Å². The Labute approximate surface area is 134 Å². The van der Waals surface area contributed by atoms with Crippen molar-refractivity contribution in [1.82, 2.24) is 4.90 Å². The molecule has 1 aliphatic carbocycles. The third kappa shape index (κ3) is 1.91. The molecular formula is C16H18ClN3O2. The zero-order valence-corrected chi connectivity index (χ0v) is 13.4. The maximum Gasteiger partial charge on any atom is 0.324 e. The fourth-order valence-corrected chi connectivity index (χ4v) is 3.88. The van der Waals surface area contributed by atoms with Crippen LogP contribution in [0, 0.1) is 18.3 Å². The molecule has 0 aromatic heterocycles. The van der Waals surface area contributed by atoms with Crippen LogP contribution in [0.3, 0.4) is 0 Å². The fourth-order valence-electron chi connectivity index (χ4n) is 3.67. The van der Waals surface area contributed by atoms with E-state index in [0.717, 1.165) is 19.3 Å². The third-order valence-electron chi connectivity index (χ3n) is 5.09. The molecule has 1 saturated heterocycles. The van der Waals surface area contributed by atoms with Crippen LogP contribution in [0.2, 0.25) is 5.02 Å². The van der Waals surface area contributed by atoms with Gasteiger partial charge < -0.3 is 10.0 Å². The molecular weight excluding hydrogens is 302 g/mol. The number of carbonyl (C=O) groups is 1. The molecule has 1 saturated carbocycles. The van der Waals surface area contributed by atoms with Crippen LogP contribution in [0.1, 0.15) is 30.4 Å². The summed E-state index contributed by atoms with van der Waals surface area (Å²) in [4.78, 5) is 16.0. The van der Waals surface area contributed by atoms with E-state index in [9.17, 15) is 9.90 Å². The lowest BCUT2D eigenvalue weighted by atomic mass is 9.94. The van der Waals surface area contributed by atoms with Gasteiger partial charge in [0.25, 0.3) is 0 Å². The molecule has 2 aliphatic rings. The normalized spacial score (nSPS) is 27.8. The number of hydrogen-bond acceptors (Lipinski definition) is 3. The van der Waals surface area contributed by atoms with E-state index in [2.05, 4.69) is 0 Å². The van der Waals surface area contributed by atoms with E-state index >= 15 is 0 Å². The standard InChI is InChI=1S/C16H18ClN3O2/c1-10-12(6-5-11(8-18)14(10)17)20-9-16(19(2)15(20)22)7-3-4-13(16)21/h5-6,13,21H,3-4,7,9H2,1-2H3/t13-,16-/m0/s1. The lowest BCUT2D eigenvalue weighted by Gasteiger charge is -2.33. The summed E-state index contributed by atoms with van der Waals surface area (Å²) in [6, 6.07) is 5.30. The summed E-state index contributed by atoms with van der Waals surface area (Å²) < 4.78 is 0. The molecule has 1 aromatic carbocycles. The van der Waals surface area contributed by atoms with E-state index < -0.39 is 11.6 Å². The van der Waals surface area contributed by atoms with Gasteiger partial charge in [0.15, 0.2) is 0 Å². The van der Waals surface area contributed by atoms with Gasteiger partial charge in [0, 0.05) is 12.7 Å². The maximum absolute atomic E-state index is 12.7. The Bertz CT molecular complexity index is 685. The van der Waals surface area contributed by atoms with Crippen LogP contribution in [0.5, 0.6) is 0 Å². The highest BCUT2D eigenvalue weighted by Gasteiger charge is 2.54. The molecule has 2 fully saturated rings. The molecule has 1 N–H and O–H groups in total. The number of halogens is 1. The van der Waals surface area contributed by atoms with Crippen LogP contribution in [0.25, 0.3) is 0 Å². The molecule has 0 bridgehead atoms. The van der Waals surface area contributed by atoms with Gasteiger partial charge in [0.2, 0.25) is 0 Å². The zero-order valence-electron chi connectivity index (χ0n) is 12.6. The second kappa shape index (κ2) is 5.15. The molecule has 2 amide bonds. The van der Waals surface area contributed by atoms with Gasteiger partial charge in [-0.3, -0.25) is 4.90 Å². The molecule has 22 heavy (non-hydrogen) atoms. The fraction of sp³-hybridized carbons (Fsp3) is 0.500. The number of nitrogens with zero attached hydrogens (tertiary/aromatic N) is 3. The first-order valence-corrected chi connectivity index (χ1v) is 7.73. The second-order valence-corrected chi connectivity index (χ2v) is 6.50.